The topological polar surface area (TPSA) is 67.4 Å². The number of rotatable bonds is 4. The fraction of sp³-hybridized carbons (Fsp3) is 0.118. The Labute approximate surface area is 128 Å². The number of hydrogen-bond donors (Lipinski definition) is 2. The number of methoxy groups -OCH3 is 2. The number of phenols is 1. The molecule has 3 aromatic rings. The van der Waals surface area contributed by atoms with Crippen molar-refractivity contribution in [2.45, 2.75) is 0 Å². The Morgan fingerprint density at radius 1 is 1.00 bits per heavy atom. The Hall–Kier alpha value is -2.95. The van der Waals surface area contributed by atoms with E-state index in [4.69, 9.17) is 9.47 Å². The number of imidazole rings is 1. The molecule has 0 atom stereocenters. The monoisotopic (exact) mass is 296 g/mol. The summed E-state index contributed by atoms with van der Waals surface area (Å²) in [4.78, 5) is 7.51. The van der Waals surface area contributed by atoms with E-state index in [2.05, 4.69) is 9.97 Å². The van der Waals surface area contributed by atoms with Gasteiger partial charge in [0.05, 0.1) is 31.9 Å². The summed E-state index contributed by atoms with van der Waals surface area (Å²) < 4.78 is 10.5. The second-order valence-corrected chi connectivity index (χ2v) is 4.71. The predicted molar refractivity (Wildman–Crippen MR) is 84.2 cm³/mol. The van der Waals surface area contributed by atoms with Crippen LogP contribution in [-0.4, -0.2) is 29.3 Å². The molecule has 0 aliphatic heterocycles. The van der Waals surface area contributed by atoms with Crippen molar-refractivity contribution in [3.8, 4) is 39.8 Å². The zero-order valence-corrected chi connectivity index (χ0v) is 12.3. The number of nitrogens with one attached hydrogen (secondary N) is 1. The van der Waals surface area contributed by atoms with E-state index in [9.17, 15) is 5.11 Å². The molecule has 0 fully saturated rings. The molecule has 3 rings (SSSR count). The first-order valence-corrected chi connectivity index (χ1v) is 6.78. The van der Waals surface area contributed by atoms with Crippen LogP contribution in [0.4, 0.5) is 0 Å². The molecular weight excluding hydrogens is 280 g/mol. The van der Waals surface area contributed by atoms with Crippen molar-refractivity contribution in [3.63, 3.8) is 0 Å². The highest BCUT2D eigenvalue weighted by Gasteiger charge is 2.15. The van der Waals surface area contributed by atoms with Crippen LogP contribution in [0.2, 0.25) is 0 Å². The lowest BCUT2D eigenvalue weighted by atomic mass is 10.0. The molecule has 0 bridgehead atoms. The van der Waals surface area contributed by atoms with Gasteiger partial charge in [0, 0.05) is 11.1 Å². The number of aromatic nitrogens is 2. The van der Waals surface area contributed by atoms with Crippen molar-refractivity contribution >= 4 is 0 Å². The molecule has 1 heterocycles. The third-order valence-electron chi connectivity index (χ3n) is 3.47. The van der Waals surface area contributed by atoms with Crippen molar-refractivity contribution < 1.29 is 14.6 Å². The molecule has 0 aliphatic carbocycles. The molecule has 112 valence electrons. The van der Waals surface area contributed by atoms with Gasteiger partial charge in [-0.1, -0.05) is 12.1 Å². The minimum absolute atomic E-state index is 0.0778. The lowest BCUT2D eigenvalue weighted by Crippen LogP contribution is -1.90. The third-order valence-corrected chi connectivity index (χ3v) is 3.47. The Morgan fingerprint density at radius 3 is 2.50 bits per heavy atom. The molecule has 2 aromatic carbocycles. The highest BCUT2D eigenvalue weighted by molar-refractivity contribution is 5.82. The zero-order valence-electron chi connectivity index (χ0n) is 12.3. The Morgan fingerprint density at radius 2 is 1.77 bits per heavy atom. The van der Waals surface area contributed by atoms with Crippen molar-refractivity contribution in [3.05, 3.63) is 48.8 Å². The first kappa shape index (κ1) is 14.0. The van der Waals surface area contributed by atoms with Gasteiger partial charge in [-0.2, -0.15) is 0 Å². The predicted octanol–water partition coefficient (Wildman–Crippen LogP) is 3.47. The summed E-state index contributed by atoms with van der Waals surface area (Å²) in [5, 5.41) is 9.96. The van der Waals surface area contributed by atoms with E-state index in [1.165, 1.54) is 7.11 Å². The standard InChI is InChI=1S/C17H16N2O3/c1-21-14-6-4-3-5-12(14)17-16(18-10-19-17)11-7-8-15(22-2)13(20)9-11/h3-10,20H,1-2H3,(H,18,19). The molecule has 0 amide bonds. The maximum Gasteiger partial charge on any atom is 0.160 e. The molecule has 1 aromatic heterocycles. The fourth-order valence-corrected chi connectivity index (χ4v) is 2.41. The van der Waals surface area contributed by atoms with Gasteiger partial charge in [-0.15, -0.1) is 0 Å². The summed E-state index contributed by atoms with van der Waals surface area (Å²) >= 11 is 0. The molecule has 0 aliphatic rings. The van der Waals surface area contributed by atoms with E-state index < -0.39 is 0 Å². The average molecular weight is 296 g/mol. The SMILES string of the molecule is COc1ccc(-c2nc[nH]c2-c2ccccc2OC)cc1O. The van der Waals surface area contributed by atoms with E-state index in [1.807, 2.05) is 30.3 Å². The number of phenolic OH excluding ortho intramolecular Hbond substituents is 1. The van der Waals surface area contributed by atoms with E-state index in [-0.39, 0.29) is 5.75 Å². The highest BCUT2D eigenvalue weighted by atomic mass is 16.5. The number of H-pyrrole nitrogens is 1. The quantitative estimate of drug-likeness (QED) is 0.773. The fourth-order valence-electron chi connectivity index (χ4n) is 2.41. The van der Waals surface area contributed by atoms with E-state index in [0.29, 0.717) is 5.75 Å². The third kappa shape index (κ3) is 2.37. The van der Waals surface area contributed by atoms with Crippen LogP contribution in [-0.2, 0) is 0 Å². The molecule has 5 heteroatoms. The van der Waals surface area contributed by atoms with Crippen molar-refractivity contribution in [2.75, 3.05) is 14.2 Å². The summed E-state index contributed by atoms with van der Waals surface area (Å²) in [7, 11) is 3.15. The van der Waals surface area contributed by atoms with Gasteiger partial charge in [-0.3, -0.25) is 0 Å². The molecule has 0 saturated carbocycles. The number of aromatic hydroxyl groups is 1. The van der Waals surface area contributed by atoms with Crippen molar-refractivity contribution in [1.82, 2.24) is 9.97 Å². The molecule has 0 spiro atoms. The average Bonchev–Trinajstić information content (AvgIpc) is 3.04. The maximum atomic E-state index is 9.96. The van der Waals surface area contributed by atoms with Crippen LogP contribution >= 0.6 is 0 Å². The van der Waals surface area contributed by atoms with Gasteiger partial charge in [-0.05, 0) is 30.3 Å². The summed E-state index contributed by atoms with van der Waals surface area (Å²) in [5.41, 5.74) is 3.28. The molecule has 0 saturated heterocycles. The van der Waals surface area contributed by atoms with Crippen LogP contribution in [0.3, 0.4) is 0 Å². The van der Waals surface area contributed by atoms with Crippen LogP contribution in [0.1, 0.15) is 0 Å². The summed E-state index contributed by atoms with van der Waals surface area (Å²) in [6.45, 7) is 0. The Bertz CT molecular complexity index is 796. The molecule has 2 N–H and O–H groups in total. The molecule has 22 heavy (non-hydrogen) atoms. The highest BCUT2D eigenvalue weighted by Crippen LogP contribution is 2.37. The van der Waals surface area contributed by atoms with Gasteiger partial charge in [0.1, 0.15) is 5.75 Å². The van der Waals surface area contributed by atoms with E-state index in [1.54, 1.807) is 25.6 Å². The van der Waals surface area contributed by atoms with E-state index >= 15 is 0 Å². The van der Waals surface area contributed by atoms with Gasteiger partial charge >= 0.3 is 0 Å². The summed E-state index contributed by atoms with van der Waals surface area (Å²) in [5.74, 6) is 1.26. The van der Waals surface area contributed by atoms with Crippen LogP contribution in [0.25, 0.3) is 22.5 Å². The number of benzene rings is 2. The van der Waals surface area contributed by atoms with Gasteiger partial charge < -0.3 is 19.6 Å². The van der Waals surface area contributed by atoms with Gasteiger partial charge in [-0.25, -0.2) is 4.98 Å². The Kier molecular flexibility index (Phi) is 3.70. The molecule has 5 nitrogen and oxygen atoms in total. The maximum absolute atomic E-state index is 9.96. The van der Waals surface area contributed by atoms with Crippen molar-refractivity contribution in [1.29, 1.82) is 0 Å². The van der Waals surface area contributed by atoms with Gasteiger partial charge in [0.15, 0.2) is 11.5 Å². The second kappa shape index (κ2) is 5.81. The molecule has 0 radical (unpaired) electrons. The van der Waals surface area contributed by atoms with Crippen LogP contribution in [0.5, 0.6) is 17.2 Å². The van der Waals surface area contributed by atoms with Crippen LogP contribution < -0.4 is 9.47 Å². The van der Waals surface area contributed by atoms with Gasteiger partial charge in [0.25, 0.3) is 0 Å². The lowest BCUT2D eigenvalue weighted by molar-refractivity contribution is 0.373. The summed E-state index contributed by atoms with van der Waals surface area (Å²) in [6, 6.07) is 12.9. The lowest BCUT2D eigenvalue weighted by Gasteiger charge is -2.09. The zero-order chi connectivity index (χ0) is 15.5. The minimum Gasteiger partial charge on any atom is -0.504 e. The number of aromatic amines is 1. The second-order valence-electron chi connectivity index (χ2n) is 4.71. The van der Waals surface area contributed by atoms with Crippen LogP contribution in [0.15, 0.2) is 48.8 Å². The van der Waals surface area contributed by atoms with Crippen molar-refractivity contribution in [2.24, 2.45) is 0 Å². The minimum atomic E-state index is 0.0778. The first-order chi connectivity index (χ1) is 10.7. The van der Waals surface area contributed by atoms with E-state index in [0.717, 1.165) is 28.3 Å². The van der Waals surface area contributed by atoms with Crippen LogP contribution in [0, 0.1) is 0 Å². The number of hydrogen-bond acceptors (Lipinski definition) is 4. The summed E-state index contributed by atoms with van der Waals surface area (Å²) in [6.07, 6.45) is 1.62. The largest absolute Gasteiger partial charge is 0.504 e. The molecule has 0 unspecified atom stereocenters. The first-order valence-electron chi connectivity index (χ1n) is 6.78. The Balaban J connectivity index is 2.11. The number of para-hydroxylation sites is 1. The smallest absolute Gasteiger partial charge is 0.160 e. The molecular formula is C17H16N2O3. The normalized spacial score (nSPS) is 10.5. The number of nitrogens with zero attached hydrogens (tertiary/aromatic N) is 1. The number of ether oxygens (including phenoxy) is 2. The van der Waals surface area contributed by atoms with Gasteiger partial charge in [0.2, 0.25) is 0 Å².